The molecule has 2 nitrogen and oxygen atoms in total. The number of halogens is 1. The minimum atomic E-state index is -0.182. The van der Waals surface area contributed by atoms with Gasteiger partial charge in [-0.3, -0.25) is 0 Å². The fourth-order valence-electron chi connectivity index (χ4n) is 2.56. The Hall–Kier alpha value is -1.52. The van der Waals surface area contributed by atoms with Crippen molar-refractivity contribution in [2.24, 2.45) is 5.73 Å². The summed E-state index contributed by atoms with van der Waals surface area (Å²) in [7, 11) is 1.65. The molecule has 1 aliphatic rings. The van der Waals surface area contributed by atoms with Crippen molar-refractivity contribution in [1.82, 2.24) is 0 Å². The Morgan fingerprint density at radius 2 is 2.05 bits per heavy atom. The first-order chi connectivity index (χ1) is 9.69. The molecule has 0 heterocycles. The molecule has 0 amide bonds. The Morgan fingerprint density at radius 1 is 1.25 bits per heavy atom. The van der Waals surface area contributed by atoms with Gasteiger partial charge in [-0.25, -0.2) is 4.39 Å². The Balaban J connectivity index is 1.83. The highest BCUT2D eigenvalue weighted by Gasteiger charge is 2.31. The van der Waals surface area contributed by atoms with Crippen molar-refractivity contribution in [3.63, 3.8) is 0 Å². The van der Waals surface area contributed by atoms with E-state index in [-0.39, 0.29) is 17.1 Å². The summed E-state index contributed by atoms with van der Waals surface area (Å²) in [6.45, 7) is 0. The van der Waals surface area contributed by atoms with Crippen LogP contribution in [0, 0.1) is 5.82 Å². The van der Waals surface area contributed by atoms with Gasteiger partial charge in [-0.1, -0.05) is 18.2 Å². The molecule has 2 unspecified atom stereocenters. The van der Waals surface area contributed by atoms with Crippen LogP contribution in [0.25, 0.3) is 0 Å². The monoisotopic (exact) mass is 289 g/mol. The normalized spacial score (nSPS) is 20.8. The van der Waals surface area contributed by atoms with Gasteiger partial charge in [0.15, 0.2) is 0 Å². The maximum atomic E-state index is 13.7. The molecule has 0 saturated heterocycles. The van der Waals surface area contributed by atoms with Gasteiger partial charge in [0.05, 0.1) is 7.11 Å². The molecular weight excluding hydrogens is 273 g/mol. The van der Waals surface area contributed by atoms with E-state index in [2.05, 4.69) is 6.07 Å². The highest BCUT2D eigenvalue weighted by Crippen LogP contribution is 2.41. The molecule has 2 atom stereocenters. The molecular formula is C16H16FNOS. The molecule has 0 spiro atoms. The quantitative estimate of drug-likeness (QED) is 0.938. The smallest absolute Gasteiger partial charge is 0.136 e. The minimum Gasteiger partial charge on any atom is -0.497 e. The molecule has 0 aliphatic heterocycles. The highest BCUT2D eigenvalue weighted by molar-refractivity contribution is 8.00. The van der Waals surface area contributed by atoms with E-state index in [9.17, 15) is 4.39 Å². The van der Waals surface area contributed by atoms with Crippen LogP contribution in [-0.2, 0) is 6.42 Å². The summed E-state index contributed by atoms with van der Waals surface area (Å²) in [6, 6.07) is 12.7. The number of rotatable bonds is 3. The maximum absolute atomic E-state index is 13.7. The summed E-state index contributed by atoms with van der Waals surface area (Å²) in [4.78, 5) is 0.660. The van der Waals surface area contributed by atoms with E-state index in [1.54, 1.807) is 19.2 Å². The average molecular weight is 289 g/mol. The molecule has 0 aromatic heterocycles. The number of nitrogens with two attached hydrogens (primary N) is 1. The minimum absolute atomic E-state index is 0.0929. The zero-order valence-electron chi connectivity index (χ0n) is 11.2. The summed E-state index contributed by atoms with van der Waals surface area (Å²) in [6.07, 6.45) is 0.861. The van der Waals surface area contributed by atoms with Crippen molar-refractivity contribution in [3.8, 4) is 5.75 Å². The number of methoxy groups -OCH3 is 1. The number of ether oxygens (including phenoxy) is 1. The van der Waals surface area contributed by atoms with Gasteiger partial charge in [-0.15, -0.1) is 11.8 Å². The van der Waals surface area contributed by atoms with Crippen molar-refractivity contribution >= 4 is 11.8 Å². The van der Waals surface area contributed by atoms with Crippen molar-refractivity contribution in [2.75, 3.05) is 7.11 Å². The summed E-state index contributed by atoms with van der Waals surface area (Å²) in [5.41, 5.74) is 8.65. The fraction of sp³-hybridized carbons (Fsp3) is 0.250. The van der Waals surface area contributed by atoms with E-state index in [4.69, 9.17) is 10.5 Å². The summed E-state index contributed by atoms with van der Waals surface area (Å²) in [5, 5.41) is 0.161. The Labute approximate surface area is 122 Å². The predicted molar refractivity (Wildman–Crippen MR) is 79.7 cm³/mol. The first-order valence-electron chi connectivity index (χ1n) is 6.52. The van der Waals surface area contributed by atoms with Crippen molar-refractivity contribution < 1.29 is 9.13 Å². The number of hydrogen-bond donors (Lipinski definition) is 1. The molecule has 104 valence electrons. The van der Waals surface area contributed by atoms with E-state index in [1.807, 2.05) is 18.2 Å². The van der Waals surface area contributed by atoms with Crippen molar-refractivity contribution in [1.29, 1.82) is 0 Å². The molecule has 0 saturated carbocycles. The topological polar surface area (TPSA) is 35.2 Å². The van der Waals surface area contributed by atoms with Gasteiger partial charge in [0, 0.05) is 16.2 Å². The fourth-order valence-corrected chi connectivity index (χ4v) is 3.78. The van der Waals surface area contributed by atoms with Crippen LogP contribution >= 0.6 is 11.8 Å². The third-order valence-corrected chi connectivity index (χ3v) is 5.00. The van der Waals surface area contributed by atoms with E-state index in [0.717, 1.165) is 17.7 Å². The zero-order chi connectivity index (χ0) is 14.1. The Kier molecular flexibility index (Phi) is 3.68. The lowest BCUT2D eigenvalue weighted by molar-refractivity contribution is 0.414. The molecule has 2 aromatic carbocycles. The van der Waals surface area contributed by atoms with E-state index < -0.39 is 0 Å². The van der Waals surface area contributed by atoms with Crippen LogP contribution in [0.3, 0.4) is 0 Å². The molecule has 0 fully saturated rings. The molecule has 0 radical (unpaired) electrons. The standard InChI is InChI=1S/C16H16FNOS/c1-19-11-7-6-10-8-15(16(18)12(10)9-11)20-14-5-3-2-4-13(14)17/h2-7,9,15-16H,8,18H2,1H3. The van der Waals surface area contributed by atoms with Crippen LogP contribution in [0.5, 0.6) is 5.75 Å². The Bertz CT molecular complexity index is 632. The third kappa shape index (κ3) is 2.41. The zero-order valence-corrected chi connectivity index (χ0v) is 12.0. The first-order valence-corrected chi connectivity index (χ1v) is 7.40. The summed E-state index contributed by atoms with van der Waals surface area (Å²) < 4.78 is 19.0. The van der Waals surface area contributed by atoms with E-state index in [1.165, 1.54) is 23.4 Å². The molecule has 20 heavy (non-hydrogen) atoms. The first kappa shape index (κ1) is 13.5. The van der Waals surface area contributed by atoms with Crippen LogP contribution in [0.2, 0.25) is 0 Å². The lowest BCUT2D eigenvalue weighted by atomic mass is 10.1. The van der Waals surface area contributed by atoms with Gasteiger partial charge in [-0.05, 0) is 41.8 Å². The van der Waals surface area contributed by atoms with E-state index in [0.29, 0.717) is 4.90 Å². The largest absolute Gasteiger partial charge is 0.497 e. The number of fused-ring (bicyclic) bond motifs is 1. The second-order valence-corrected chi connectivity index (χ2v) is 6.16. The van der Waals surface area contributed by atoms with Crippen molar-refractivity contribution in [2.45, 2.75) is 22.6 Å². The van der Waals surface area contributed by atoms with Gasteiger partial charge in [-0.2, -0.15) is 0 Å². The molecule has 2 N–H and O–H groups in total. The average Bonchev–Trinajstić information content (AvgIpc) is 2.77. The van der Waals surface area contributed by atoms with Crippen LogP contribution in [-0.4, -0.2) is 12.4 Å². The molecule has 3 rings (SSSR count). The van der Waals surface area contributed by atoms with Crippen LogP contribution in [0.15, 0.2) is 47.4 Å². The number of benzene rings is 2. The van der Waals surface area contributed by atoms with Crippen LogP contribution < -0.4 is 10.5 Å². The molecule has 4 heteroatoms. The SMILES string of the molecule is COc1ccc2c(c1)C(N)C(Sc1ccccc1F)C2. The number of thioether (sulfide) groups is 1. The van der Waals surface area contributed by atoms with E-state index >= 15 is 0 Å². The second kappa shape index (κ2) is 5.46. The molecule has 2 aromatic rings. The molecule has 1 aliphatic carbocycles. The number of hydrogen-bond acceptors (Lipinski definition) is 3. The summed E-state index contributed by atoms with van der Waals surface area (Å²) in [5.74, 6) is 0.633. The maximum Gasteiger partial charge on any atom is 0.136 e. The van der Waals surface area contributed by atoms with Gasteiger partial charge >= 0.3 is 0 Å². The van der Waals surface area contributed by atoms with Crippen molar-refractivity contribution in [3.05, 3.63) is 59.4 Å². The third-order valence-electron chi connectivity index (χ3n) is 3.65. The molecule has 0 bridgehead atoms. The summed E-state index contributed by atoms with van der Waals surface area (Å²) >= 11 is 1.52. The van der Waals surface area contributed by atoms with Gasteiger partial charge in [0.25, 0.3) is 0 Å². The highest BCUT2D eigenvalue weighted by atomic mass is 32.2. The van der Waals surface area contributed by atoms with Gasteiger partial charge in [0.2, 0.25) is 0 Å². The Morgan fingerprint density at radius 3 is 2.80 bits per heavy atom. The van der Waals surface area contributed by atoms with Crippen LogP contribution in [0.1, 0.15) is 17.2 Å². The van der Waals surface area contributed by atoms with Gasteiger partial charge in [0.1, 0.15) is 11.6 Å². The predicted octanol–water partition coefficient (Wildman–Crippen LogP) is 3.55. The van der Waals surface area contributed by atoms with Crippen LogP contribution in [0.4, 0.5) is 4.39 Å². The van der Waals surface area contributed by atoms with Gasteiger partial charge < -0.3 is 10.5 Å². The second-order valence-electron chi connectivity index (χ2n) is 4.88. The lowest BCUT2D eigenvalue weighted by Gasteiger charge is -2.16. The lowest BCUT2D eigenvalue weighted by Crippen LogP contribution is -2.19.